The maximum absolute atomic E-state index is 9.76. The van der Waals surface area contributed by atoms with Gasteiger partial charge in [0.2, 0.25) is 0 Å². The maximum Gasteiger partial charge on any atom is 0.306 e. The molecular weight excluding hydrogens is 276 g/mol. The molecule has 0 spiro atoms. The van der Waals surface area contributed by atoms with Gasteiger partial charge in [-0.15, -0.1) is 0 Å². The van der Waals surface area contributed by atoms with Crippen molar-refractivity contribution in [3.63, 3.8) is 0 Å². The molecule has 1 saturated carbocycles. The molecule has 22 heavy (non-hydrogen) atoms. The zero-order valence-corrected chi connectivity index (χ0v) is 13.6. The lowest BCUT2D eigenvalue weighted by Gasteiger charge is -2.17. The molecule has 4 heteroatoms. The van der Waals surface area contributed by atoms with E-state index >= 15 is 0 Å². The number of fused-ring (bicyclic) bond motifs is 1. The van der Waals surface area contributed by atoms with Gasteiger partial charge < -0.3 is 15.7 Å². The molecule has 0 radical (unpaired) electrons. The number of rotatable bonds is 6. The number of anilines is 1. The molecule has 2 aliphatic rings. The molecule has 0 bridgehead atoms. The van der Waals surface area contributed by atoms with Gasteiger partial charge >= 0.3 is 5.97 Å². The Morgan fingerprint density at radius 1 is 1.41 bits per heavy atom. The minimum Gasteiger partial charge on any atom is -0.481 e. The summed E-state index contributed by atoms with van der Waals surface area (Å²) in [4.78, 5) is 9.76. The number of nitrogens with one attached hydrogen (secondary N) is 2. The van der Waals surface area contributed by atoms with Crippen LogP contribution in [-0.2, 0) is 4.79 Å². The standard InChI is InChI=1S/C14H22N2.C4H6O2/c1-3-8-15-11(2)9-12-10-16-14-7-5-4-6-13(12)14;5-4(6)3-1-2-3/h4-7,11-12,15-16H,3,8-10H2,1-2H3;3H,1-2H2,(H,5,6). The van der Waals surface area contributed by atoms with Gasteiger partial charge in [-0.2, -0.15) is 0 Å². The summed E-state index contributed by atoms with van der Waals surface area (Å²) in [7, 11) is 0. The molecule has 3 N–H and O–H groups in total. The Balaban J connectivity index is 0.000000246. The Morgan fingerprint density at radius 2 is 2.14 bits per heavy atom. The van der Waals surface area contributed by atoms with Gasteiger partial charge in [-0.25, -0.2) is 0 Å². The number of benzene rings is 1. The van der Waals surface area contributed by atoms with Crippen LogP contribution >= 0.6 is 0 Å². The first kappa shape index (κ1) is 16.8. The topological polar surface area (TPSA) is 61.4 Å². The van der Waals surface area contributed by atoms with Crippen LogP contribution in [0.25, 0.3) is 0 Å². The Morgan fingerprint density at radius 3 is 2.73 bits per heavy atom. The quantitative estimate of drug-likeness (QED) is 0.753. The third kappa shape index (κ3) is 5.02. The second-order valence-corrected chi connectivity index (χ2v) is 6.37. The van der Waals surface area contributed by atoms with Crippen molar-refractivity contribution in [1.82, 2.24) is 5.32 Å². The Kier molecular flexibility index (Phi) is 6.25. The average molecular weight is 304 g/mol. The van der Waals surface area contributed by atoms with Crippen molar-refractivity contribution in [2.45, 2.75) is 51.5 Å². The fourth-order valence-corrected chi connectivity index (χ4v) is 2.80. The number of carbonyl (C=O) groups is 1. The highest BCUT2D eigenvalue weighted by Gasteiger charge is 2.28. The van der Waals surface area contributed by atoms with Crippen LogP contribution in [0.5, 0.6) is 0 Å². The molecule has 122 valence electrons. The molecule has 1 aromatic rings. The number of carboxylic acid groups (broad SMARTS) is 1. The number of para-hydroxylation sites is 1. The summed E-state index contributed by atoms with van der Waals surface area (Å²) < 4.78 is 0. The SMILES string of the molecule is CCCNC(C)CC1CNc2ccccc21.O=C(O)C1CC1. The first-order valence-corrected chi connectivity index (χ1v) is 8.40. The summed E-state index contributed by atoms with van der Waals surface area (Å²) in [6.07, 6.45) is 4.23. The van der Waals surface area contributed by atoms with E-state index in [1.54, 1.807) is 0 Å². The van der Waals surface area contributed by atoms with Crippen molar-refractivity contribution in [3.8, 4) is 0 Å². The molecule has 1 heterocycles. The second-order valence-electron chi connectivity index (χ2n) is 6.37. The highest BCUT2D eigenvalue weighted by Crippen LogP contribution is 2.33. The molecule has 2 atom stereocenters. The zero-order valence-electron chi connectivity index (χ0n) is 13.6. The Hall–Kier alpha value is -1.55. The summed E-state index contributed by atoms with van der Waals surface area (Å²) in [6, 6.07) is 9.29. The molecule has 3 rings (SSSR count). The van der Waals surface area contributed by atoms with Gasteiger partial charge in [-0.05, 0) is 50.8 Å². The molecule has 2 unspecified atom stereocenters. The molecule has 4 nitrogen and oxygen atoms in total. The lowest BCUT2D eigenvalue weighted by Crippen LogP contribution is -2.28. The lowest BCUT2D eigenvalue weighted by molar-refractivity contribution is -0.138. The average Bonchev–Trinajstić information content (AvgIpc) is 3.30. The summed E-state index contributed by atoms with van der Waals surface area (Å²) in [6.45, 7) is 6.73. The van der Waals surface area contributed by atoms with Crippen molar-refractivity contribution in [1.29, 1.82) is 0 Å². The van der Waals surface area contributed by atoms with Gasteiger partial charge in [0, 0.05) is 24.2 Å². The van der Waals surface area contributed by atoms with Crippen molar-refractivity contribution in [2.75, 3.05) is 18.4 Å². The third-order valence-corrected chi connectivity index (χ3v) is 4.25. The van der Waals surface area contributed by atoms with Gasteiger partial charge in [0.05, 0.1) is 5.92 Å². The lowest BCUT2D eigenvalue weighted by atomic mass is 9.94. The van der Waals surface area contributed by atoms with E-state index in [-0.39, 0.29) is 5.92 Å². The normalized spacial score (nSPS) is 20.4. The first-order valence-electron chi connectivity index (χ1n) is 8.40. The highest BCUT2D eigenvalue weighted by atomic mass is 16.4. The van der Waals surface area contributed by atoms with Crippen LogP contribution in [-0.4, -0.2) is 30.2 Å². The van der Waals surface area contributed by atoms with Crippen molar-refractivity contribution in [2.24, 2.45) is 5.92 Å². The number of aliphatic carboxylic acids is 1. The van der Waals surface area contributed by atoms with Crippen LogP contribution in [0.1, 0.15) is 51.0 Å². The molecule has 1 fully saturated rings. The number of hydrogen-bond donors (Lipinski definition) is 3. The van der Waals surface area contributed by atoms with Gasteiger partial charge in [0.1, 0.15) is 0 Å². The second kappa shape index (κ2) is 8.18. The highest BCUT2D eigenvalue weighted by molar-refractivity contribution is 5.72. The number of hydrogen-bond acceptors (Lipinski definition) is 3. The van der Waals surface area contributed by atoms with E-state index in [0.29, 0.717) is 12.0 Å². The predicted octanol–water partition coefficient (Wildman–Crippen LogP) is 3.45. The van der Waals surface area contributed by atoms with E-state index in [9.17, 15) is 4.79 Å². The van der Waals surface area contributed by atoms with E-state index in [2.05, 4.69) is 48.7 Å². The van der Waals surface area contributed by atoms with Crippen LogP contribution in [0.4, 0.5) is 5.69 Å². The molecule has 1 aromatic carbocycles. The van der Waals surface area contributed by atoms with Crippen LogP contribution in [0, 0.1) is 5.92 Å². The smallest absolute Gasteiger partial charge is 0.306 e. The summed E-state index contributed by atoms with van der Waals surface area (Å²) >= 11 is 0. The molecule has 1 aliphatic heterocycles. The summed E-state index contributed by atoms with van der Waals surface area (Å²) in [5.74, 6) is 0.0653. The zero-order chi connectivity index (χ0) is 15.9. The third-order valence-electron chi connectivity index (χ3n) is 4.25. The van der Waals surface area contributed by atoms with E-state index in [1.807, 2.05) is 0 Å². The van der Waals surface area contributed by atoms with Crippen LogP contribution in [0.15, 0.2) is 24.3 Å². The first-order chi connectivity index (χ1) is 10.6. The largest absolute Gasteiger partial charge is 0.481 e. The minimum atomic E-state index is -0.630. The van der Waals surface area contributed by atoms with Gasteiger partial charge in [-0.1, -0.05) is 25.1 Å². The Bertz CT molecular complexity index is 486. The van der Waals surface area contributed by atoms with E-state index in [4.69, 9.17) is 5.11 Å². The Labute approximate surface area is 133 Å². The van der Waals surface area contributed by atoms with Gasteiger partial charge in [-0.3, -0.25) is 4.79 Å². The van der Waals surface area contributed by atoms with Gasteiger partial charge in [0.25, 0.3) is 0 Å². The van der Waals surface area contributed by atoms with E-state index in [0.717, 1.165) is 25.9 Å². The van der Waals surface area contributed by atoms with Crippen molar-refractivity contribution >= 4 is 11.7 Å². The van der Waals surface area contributed by atoms with Crippen LogP contribution in [0.2, 0.25) is 0 Å². The van der Waals surface area contributed by atoms with E-state index < -0.39 is 5.97 Å². The van der Waals surface area contributed by atoms with Crippen molar-refractivity contribution in [3.05, 3.63) is 29.8 Å². The van der Waals surface area contributed by atoms with Crippen LogP contribution in [0.3, 0.4) is 0 Å². The molecule has 1 aliphatic carbocycles. The van der Waals surface area contributed by atoms with Gasteiger partial charge in [0.15, 0.2) is 0 Å². The number of carboxylic acids is 1. The summed E-state index contributed by atoms with van der Waals surface area (Å²) in [5.41, 5.74) is 2.82. The molecule has 0 amide bonds. The molecular formula is C18H28N2O2. The maximum atomic E-state index is 9.76. The van der Waals surface area contributed by atoms with E-state index in [1.165, 1.54) is 24.1 Å². The monoisotopic (exact) mass is 304 g/mol. The molecule has 0 saturated heterocycles. The van der Waals surface area contributed by atoms with Crippen molar-refractivity contribution < 1.29 is 9.90 Å². The summed E-state index contributed by atoms with van der Waals surface area (Å²) in [5, 5.41) is 15.1. The fraction of sp³-hybridized carbons (Fsp3) is 0.611. The van der Waals surface area contributed by atoms with Crippen LogP contribution < -0.4 is 10.6 Å². The minimum absolute atomic E-state index is 0.0185. The molecule has 0 aromatic heterocycles. The predicted molar refractivity (Wildman–Crippen MR) is 90.4 cm³/mol. The fourth-order valence-electron chi connectivity index (χ4n) is 2.80.